The number of thiazole rings is 1. The van der Waals surface area contributed by atoms with Gasteiger partial charge in [0.05, 0.1) is 0 Å². The van der Waals surface area contributed by atoms with Crippen molar-refractivity contribution in [3.05, 3.63) is 45.4 Å². The lowest BCUT2D eigenvalue weighted by Crippen LogP contribution is -2.11. The van der Waals surface area contributed by atoms with E-state index in [-0.39, 0.29) is 5.91 Å². The number of aromatic nitrogens is 1. The van der Waals surface area contributed by atoms with Crippen molar-refractivity contribution in [3.8, 4) is 0 Å². The van der Waals surface area contributed by atoms with Crippen LogP contribution in [0, 0.1) is 6.92 Å². The number of amides is 1. The standard InChI is InChI=1S/C14H15ClN2OS.O2S/c1-3-4-12-8-16-14(19-12)17-13(18)10-5-9(2)6-11(15)7-10;1-3-2/h5-8H,3-4H2,1-2H3,(H,16,17,18);. The van der Waals surface area contributed by atoms with Gasteiger partial charge in [0.2, 0.25) is 0 Å². The minimum atomic E-state index is -0.750. The number of nitrogens with zero attached hydrogens (tertiary/aromatic N) is 1. The van der Waals surface area contributed by atoms with E-state index in [1.807, 2.05) is 25.3 Å². The molecule has 5 nitrogen and oxygen atoms in total. The van der Waals surface area contributed by atoms with E-state index < -0.39 is 11.6 Å². The predicted molar refractivity (Wildman–Crippen MR) is 89.2 cm³/mol. The maximum absolute atomic E-state index is 12.1. The number of hydrogen-bond acceptors (Lipinski definition) is 5. The van der Waals surface area contributed by atoms with E-state index in [4.69, 9.17) is 20.0 Å². The highest BCUT2D eigenvalue weighted by Gasteiger charge is 2.10. The Morgan fingerprint density at radius 3 is 2.64 bits per heavy atom. The highest BCUT2D eigenvalue weighted by Crippen LogP contribution is 2.21. The fourth-order valence-corrected chi connectivity index (χ4v) is 2.96. The number of aryl methyl sites for hydroxylation is 2. The molecule has 118 valence electrons. The molecule has 0 radical (unpaired) electrons. The summed E-state index contributed by atoms with van der Waals surface area (Å²) in [7, 11) is 0. The third-order valence-corrected chi connectivity index (χ3v) is 3.77. The molecule has 1 aromatic carbocycles. The fourth-order valence-electron chi connectivity index (χ4n) is 1.76. The quantitative estimate of drug-likeness (QED) is 0.905. The Kier molecular flexibility index (Phi) is 7.94. The van der Waals surface area contributed by atoms with Crippen molar-refractivity contribution in [3.63, 3.8) is 0 Å². The maximum atomic E-state index is 12.1. The summed E-state index contributed by atoms with van der Waals surface area (Å²) in [4.78, 5) is 17.5. The van der Waals surface area contributed by atoms with Gasteiger partial charge in [-0.05, 0) is 37.1 Å². The van der Waals surface area contributed by atoms with Gasteiger partial charge in [-0.25, -0.2) is 4.98 Å². The summed E-state index contributed by atoms with van der Waals surface area (Å²) in [6.07, 6.45) is 3.87. The average Bonchev–Trinajstić information content (AvgIpc) is 2.86. The molecule has 8 heteroatoms. The van der Waals surface area contributed by atoms with Crippen LogP contribution in [0.5, 0.6) is 0 Å². The Bertz CT molecular complexity index is 662. The molecule has 0 saturated heterocycles. The van der Waals surface area contributed by atoms with Crippen LogP contribution in [-0.2, 0) is 18.0 Å². The van der Waals surface area contributed by atoms with Gasteiger partial charge >= 0.3 is 11.6 Å². The van der Waals surface area contributed by atoms with Crippen LogP contribution in [0.15, 0.2) is 24.4 Å². The normalized spacial score (nSPS) is 9.59. The van der Waals surface area contributed by atoms with E-state index >= 15 is 0 Å². The third-order valence-electron chi connectivity index (χ3n) is 2.57. The molecule has 1 N–H and O–H groups in total. The minimum absolute atomic E-state index is 0.178. The Morgan fingerprint density at radius 2 is 2.05 bits per heavy atom. The maximum Gasteiger partial charge on any atom is 0.335 e. The molecule has 0 unspecified atom stereocenters. The van der Waals surface area contributed by atoms with Gasteiger partial charge in [-0.15, -0.1) is 11.3 Å². The summed E-state index contributed by atoms with van der Waals surface area (Å²) >= 11 is 6.71. The van der Waals surface area contributed by atoms with E-state index in [9.17, 15) is 4.79 Å². The third kappa shape index (κ3) is 6.05. The zero-order chi connectivity index (χ0) is 16.5. The van der Waals surface area contributed by atoms with Crippen LogP contribution < -0.4 is 5.32 Å². The molecule has 2 aromatic rings. The van der Waals surface area contributed by atoms with Crippen molar-refractivity contribution >= 4 is 45.5 Å². The highest BCUT2D eigenvalue weighted by atomic mass is 35.5. The summed E-state index contributed by atoms with van der Waals surface area (Å²) in [5, 5.41) is 4.00. The number of halogens is 1. The van der Waals surface area contributed by atoms with Gasteiger partial charge in [0, 0.05) is 21.7 Å². The molecule has 0 saturated carbocycles. The van der Waals surface area contributed by atoms with Crippen molar-refractivity contribution < 1.29 is 13.2 Å². The first-order valence-corrected chi connectivity index (χ1v) is 8.31. The first kappa shape index (κ1) is 18.5. The van der Waals surface area contributed by atoms with E-state index in [0.717, 1.165) is 18.4 Å². The molecule has 1 amide bonds. The summed E-state index contributed by atoms with van der Waals surface area (Å²) in [5.74, 6) is -0.178. The van der Waals surface area contributed by atoms with E-state index in [0.29, 0.717) is 15.7 Å². The summed E-state index contributed by atoms with van der Waals surface area (Å²) in [5.41, 5.74) is 1.51. The highest BCUT2D eigenvalue weighted by molar-refractivity contribution is 7.51. The van der Waals surface area contributed by atoms with Gasteiger partial charge in [0.25, 0.3) is 5.91 Å². The molecule has 22 heavy (non-hydrogen) atoms. The summed E-state index contributed by atoms with van der Waals surface area (Å²) < 4.78 is 16.6. The Morgan fingerprint density at radius 1 is 1.36 bits per heavy atom. The minimum Gasteiger partial charge on any atom is -0.298 e. The lowest BCUT2D eigenvalue weighted by atomic mass is 10.1. The second-order valence-electron chi connectivity index (χ2n) is 4.42. The first-order valence-electron chi connectivity index (χ1n) is 6.45. The number of anilines is 1. The Labute approximate surface area is 141 Å². The topological polar surface area (TPSA) is 76.1 Å². The smallest absolute Gasteiger partial charge is 0.298 e. The van der Waals surface area contributed by atoms with Crippen LogP contribution in [0.4, 0.5) is 5.13 Å². The summed E-state index contributed by atoms with van der Waals surface area (Å²) in [6.45, 7) is 4.03. The molecule has 0 aliphatic rings. The second kappa shape index (κ2) is 9.45. The lowest BCUT2D eigenvalue weighted by molar-refractivity contribution is 0.102. The number of hydrogen-bond donors (Lipinski definition) is 1. The second-order valence-corrected chi connectivity index (χ2v) is 6.11. The van der Waals surface area contributed by atoms with Crippen molar-refractivity contribution in [1.82, 2.24) is 4.98 Å². The molecular weight excluding hydrogens is 344 g/mol. The first-order chi connectivity index (χ1) is 10.5. The van der Waals surface area contributed by atoms with Crippen LogP contribution in [0.1, 0.15) is 34.1 Å². The largest absolute Gasteiger partial charge is 0.335 e. The Hall–Kier alpha value is -1.57. The van der Waals surface area contributed by atoms with Gasteiger partial charge < -0.3 is 0 Å². The van der Waals surface area contributed by atoms with E-state index in [1.165, 1.54) is 16.2 Å². The van der Waals surface area contributed by atoms with Crippen molar-refractivity contribution in [2.45, 2.75) is 26.7 Å². The van der Waals surface area contributed by atoms with Gasteiger partial charge in [-0.2, -0.15) is 8.42 Å². The summed E-state index contributed by atoms with van der Waals surface area (Å²) in [6, 6.07) is 5.29. The molecule has 0 atom stereocenters. The van der Waals surface area contributed by atoms with Gasteiger partial charge in [0.15, 0.2) is 5.13 Å². The molecule has 0 aliphatic carbocycles. The number of nitrogens with one attached hydrogen (secondary N) is 1. The van der Waals surface area contributed by atoms with E-state index in [1.54, 1.807) is 6.07 Å². The number of carbonyl (C=O) groups excluding carboxylic acids is 1. The molecule has 1 aromatic heterocycles. The van der Waals surface area contributed by atoms with Crippen molar-refractivity contribution in [2.24, 2.45) is 0 Å². The van der Waals surface area contributed by atoms with E-state index in [2.05, 4.69) is 17.2 Å². The zero-order valence-electron chi connectivity index (χ0n) is 12.1. The van der Waals surface area contributed by atoms with Gasteiger partial charge in [0.1, 0.15) is 0 Å². The van der Waals surface area contributed by atoms with Crippen molar-refractivity contribution in [2.75, 3.05) is 5.32 Å². The zero-order valence-corrected chi connectivity index (χ0v) is 14.5. The molecular formula is C14H15ClN2O3S2. The monoisotopic (exact) mass is 358 g/mol. The molecule has 2 rings (SSSR count). The average molecular weight is 359 g/mol. The van der Waals surface area contributed by atoms with Crippen LogP contribution >= 0.6 is 22.9 Å². The number of carbonyl (C=O) groups is 1. The number of rotatable bonds is 4. The molecule has 0 fully saturated rings. The van der Waals surface area contributed by atoms with Crippen LogP contribution in [-0.4, -0.2) is 19.3 Å². The molecule has 1 heterocycles. The Balaban J connectivity index is 0.000000745. The van der Waals surface area contributed by atoms with Crippen LogP contribution in [0.25, 0.3) is 0 Å². The molecule has 0 spiro atoms. The van der Waals surface area contributed by atoms with Crippen LogP contribution in [0.3, 0.4) is 0 Å². The molecule has 0 bridgehead atoms. The fraction of sp³-hybridized carbons (Fsp3) is 0.286. The SMILES string of the molecule is CCCc1cnc(NC(=O)c2cc(C)cc(Cl)c2)s1.O=S=O. The number of benzene rings is 1. The van der Waals surface area contributed by atoms with Crippen LogP contribution in [0.2, 0.25) is 5.02 Å². The lowest BCUT2D eigenvalue weighted by Gasteiger charge is -2.03. The van der Waals surface area contributed by atoms with Gasteiger partial charge in [-0.3, -0.25) is 10.1 Å². The van der Waals surface area contributed by atoms with Gasteiger partial charge in [-0.1, -0.05) is 24.9 Å². The molecule has 0 aliphatic heterocycles. The van der Waals surface area contributed by atoms with Crippen molar-refractivity contribution in [1.29, 1.82) is 0 Å². The predicted octanol–water partition coefficient (Wildman–Crippen LogP) is 3.64.